The molecule has 3 heterocycles. The zero-order valence-electron chi connectivity index (χ0n) is 12.2. The third-order valence-corrected chi connectivity index (χ3v) is 5.39. The van der Waals surface area contributed by atoms with Crippen molar-refractivity contribution in [1.29, 1.82) is 0 Å². The molecule has 1 N–H and O–H groups in total. The van der Waals surface area contributed by atoms with Gasteiger partial charge in [0.1, 0.15) is 5.69 Å². The van der Waals surface area contributed by atoms with Gasteiger partial charge < -0.3 is 9.88 Å². The summed E-state index contributed by atoms with van der Waals surface area (Å²) in [6, 6.07) is 5.43. The summed E-state index contributed by atoms with van der Waals surface area (Å²) in [5.74, 6) is -0.184. The van der Waals surface area contributed by atoms with Crippen molar-refractivity contribution in [2.24, 2.45) is 0 Å². The van der Waals surface area contributed by atoms with E-state index >= 15 is 0 Å². The third-order valence-electron chi connectivity index (χ3n) is 3.78. The van der Waals surface area contributed by atoms with Crippen LogP contribution in [0.5, 0.6) is 0 Å². The predicted octanol–water partition coefficient (Wildman–Crippen LogP) is 2.70. The smallest absolute Gasteiger partial charge is 0.287 e. The molecule has 0 aliphatic carbocycles. The van der Waals surface area contributed by atoms with Gasteiger partial charge in [0.15, 0.2) is 0 Å². The number of nitro groups is 1. The Morgan fingerprint density at radius 3 is 2.65 bits per heavy atom. The van der Waals surface area contributed by atoms with E-state index in [1.54, 1.807) is 16.2 Å². The normalized spacial score (nSPS) is 15.8. The Morgan fingerprint density at radius 2 is 2.09 bits per heavy atom. The van der Waals surface area contributed by atoms with Gasteiger partial charge in [0.2, 0.25) is 0 Å². The van der Waals surface area contributed by atoms with Gasteiger partial charge in [0.05, 0.1) is 14.9 Å². The van der Waals surface area contributed by atoms with Crippen molar-refractivity contribution in [2.45, 2.75) is 6.54 Å². The van der Waals surface area contributed by atoms with Crippen LogP contribution in [-0.4, -0.2) is 51.8 Å². The first-order chi connectivity index (χ1) is 11.0. The molecule has 0 spiro atoms. The lowest BCUT2D eigenvalue weighted by Gasteiger charge is -2.34. The van der Waals surface area contributed by atoms with Crippen molar-refractivity contribution in [2.75, 3.05) is 26.2 Å². The monoisotopic (exact) mass is 398 g/mol. The Morgan fingerprint density at radius 1 is 1.35 bits per heavy atom. The SMILES string of the molecule is O=C(c1cc([N+](=O)[O-])c[nH]1)N1CCN(Cc2ccc(Br)s2)CC1. The number of hydrogen-bond acceptors (Lipinski definition) is 5. The van der Waals surface area contributed by atoms with E-state index in [0.717, 1.165) is 23.4 Å². The molecule has 122 valence electrons. The van der Waals surface area contributed by atoms with Gasteiger partial charge in [0.25, 0.3) is 11.6 Å². The molecule has 1 fully saturated rings. The fourth-order valence-corrected chi connectivity index (χ4v) is 4.07. The second-order valence-corrected chi connectivity index (χ2v) is 7.85. The fraction of sp³-hybridized carbons (Fsp3) is 0.357. The van der Waals surface area contributed by atoms with Gasteiger partial charge in [-0.1, -0.05) is 0 Å². The summed E-state index contributed by atoms with van der Waals surface area (Å²) >= 11 is 5.18. The van der Waals surface area contributed by atoms with Gasteiger partial charge in [-0.2, -0.15) is 0 Å². The van der Waals surface area contributed by atoms with E-state index in [1.807, 2.05) is 6.07 Å². The van der Waals surface area contributed by atoms with Gasteiger partial charge >= 0.3 is 0 Å². The molecule has 1 aliphatic rings. The van der Waals surface area contributed by atoms with E-state index in [1.165, 1.54) is 17.1 Å². The fourth-order valence-electron chi connectivity index (χ4n) is 2.55. The molecule has 1 aliphatic heterocycles. The minimum atomic E-state index is -0.510. The first-order valence-electron chi connectivity index (χ1n) is 7.11. The van der Waals surface area contributed by atoms with Crippen LogP contribution in [-0.2, 0) is 6.54 Å². The lowest BCUT2D eigenvalue weighted by atomic mass is 10.2. The highest BCUT2D eigenvalue weighted by Gasteiger charge is 2.24. The van der Waals surface area contributed by atoms with Crippen molar-refractivity contribution in [1.82, 2.24) is 14.8 Å². The highest BCUT2D eigenvalue weighted by molar-refractivity contribution is 9.11. The Bertz CT molecular complexity index is 721. The van der Waals surface area contributed by atoms with Gasteiger partial charge in [-0.05, 0) is 28.1 Å². The number of piperazine rings is 1. The zero-order chi connectivity index (χ0) is 16.4. The van der Waals surface area contributed by atoms with E-state index in [4.69, 9.17) is 0 Å². The maximum Gasteiger partial charge on any atom is 0.287 e. The summed E-state index contributed by atoms with van der Waals surface area (Å²) in [6.07, 6.45) is 1.25. The Kier molecular flexibility index (Phi) is 4.79. The van der Waals surface area contributed by atoms with E-state index in [2.05, 4.69) is 31.9 Å². The molecule has 2 aromatic rings. The highest BCUT2D eigenvalue weighted by atomic mass is 79.9. The van der Waals surface area contributed by atoms with Crippen molar-refractivity contribution in [3.63, 3.8) is 0 Å². The van der Waals surface area contributed by atoms with E-state index in [0.29, 0.717) is 13.1 Å². The Balaban J connectivity index is 1.55. The molecule has 2 aromatic heterocycles. The molecule has 1 amide bonds. The Labute approximate surface area is 145 Å². The van der Waals surface area contributed by atoms with E-state index < -0.39 is 4.92 Å². The van der Waals surface area contributed by atoms with Crippen LogP contribution < -0.4 is 0 Å². The van der Waals surface area contributed by atoms with Crippen LogP contribution >= 0.6 is 27.3 Å². The first kappa shape index (κ1) is 16.2. The number of nitrogens with one attached hydrogen (secondary N) is 1. The van der Waals surface area contributed by atoms with Crippen LogP contribution in [0.3, 0.4) is 0 Å². The van der Waals surface area contributed by atoms with Gasteiger partial charge in [-0.15, -0.1) is 11.3 Å². The summed E-state index contributed by atoms with van der Waals surface area (Å²) in [7, 11) is 0. The molecule has 0 bridgehead atoms. The molecule has 3 rings (SSSR count). The van der Waals surface area contributed by atoms with Gasteiger partial charge in [-0.3, -0.25) is 19.8 Å². The second-order valence-electron chi connectivity index (χ2n) is 5.30. The number of rotatable bonds is 4. The van der Waals surface area contributed by atoms with Crippen LogP contribution in [0.15, 0.2) is 28.2 Å². The van der Waals surface area contributed by atoms with Crippen LogP contribution in [0.25, 0.3) is 0 Å². The van der Waals surface area contributed by atoms with Crippen LogP contribution in [0.4, 0.5) is 5.69 Å². The molecule has 7 nitrogen and oxygen atoms in total. The molecule has 0 unspecified atom stereocenters. The van der Waals surface area contributed by atoms with Crippen LogP contribution in [0, 0.1) is 10.1 Å². The molecule has 0 saturated carbocycles. The first-order valence-corrected chi connectivity index (χ1v) is 8.72. The molecular formula is C14H15BrN4O3S. The Hall–Kier alpha value is -1.71. The van der Waals surface area contributed by atoms with E-state index in [9.17, 15) is 14.9 Å². The lowest BCUT2D eigenvalue weighted by molar-refractivity contribution is -0.384. The standard InChI is InChI=1S/C14H15BrN4O3S/c15-13-2-1-11(23-13)9-17-3-5-18(6-4-17)14(20)12-7-10(8-16-12)19(21)22/h1-2,7-8,16H,3-6,9H2. The minimum Gasteiger partial charge on any atom is -0.351 e. The maximum atomic E-state index is 12.4. The number of nitrogens with zero attached hydrogens (tertiary/aromatic N) is 3. The number of carbonyl (C=O) groups is 1. The topological polar surface area (TPSA) is 82.5 Å². The molecule has 0 atom stereocenters. The van der Waals surface area contributed by atoms with Crippen molar-refractivity contribution in [3.05, 3.63) is 48.9 Å². The van der Waals surface area contributed by atoms with Crippen molar-refractivity contribution < 1.29 is 9.72 Å². The average molecular weight is 399 g/mol. The summed E-state index contributed by atoms with van der Waals surface area (Å²) < 4.78 is 1.12. The summed E-state index contributed by atoms with van der Waals surface area (Å²) in [5.41, 5.74) is 0.183. The number of aromatic amines is 1. The number of amides is 1. The molecule has 1 saturated heterocycles. The number of H-pyrrole nitrogens is 1. The number of aromatic nitrogens is 1. The number of carbonyl (C=O) groups excluding carboxylic acids is 1. The average Bonchev–Trinajstić information content (AvgIpc) is 3.17. The van der Waals surface area contributed by atoms with Crippen molar-refractivity contribution in [3.8, 4) is 0 Å². The van der Waals surface area contributed by atoms with Gasteiger partial charge in [-0.25, -0.2) is 0 Å². The number of thiophene rings is 1. The van der Waals surface area contributed by atoms with Crippen LogP contribution in [0.1, 0.15) is 15.4 Å². The third kappa shape index (κ3) is 3.80. The molecular weight excluding hydrogens is 384 g/mol. The summed E-state index contributed by atoms with van der Waals surface area (Å²) in [5, 5.41) is 10.7. The molecule has 0 radical (unpaired) electrons. The van der Waals surface area contributed by atoms with Gasteiger partial charge in [0, 0.05) is 43.7 Å². The molecule has 23 heavy (non-hydrogen) atoms. The van der Waals surface area contributed by atoms with E-state index in [-0.39, 0.29) is 17.3 Å². The molecule has 0 aromatic carbocycles. The summed E-state index contributed by atoms with van der Waals surface area (Å²) in [6.45, 7) is 3.72. The predicted molar refractivity (Wildman–Crippen MR) is 90.6 cm³/mol. The summed E-state index contributed by atoms with van der Waals surface area (Å²) in [4.78, 5) is 30.5. The largest absolute Gasteiger partial charge is 0.351 e. The molecule has 9 heteroatoms. The highest BCUT2D eigenvalue weighted by Crippen LogP contribution is 2.24. The zero-order valence-corrected chi connectivity index (χ0v) is 14.6. The quantitative estimate of drug-likeness (QED) is 0.633. The minimum absolute atomic E-state index is 0.0877. The van der Waals surface area contributed by atoms with Crippen LogP contribution in [0.2, 0.25) is 0 Å². The second kappa shape index (κ2) is 6.81. The number of hydrogen-bond donors (Lipinski definition) is 1. The lowest BCUT2D eigenvalue weighted by Crippen LogP contribution is -2.48. The number of halogens is 1. The maximum absolute atomic E-state index is 12.4. The van der Waals surface area contributed by atoms with Crippen molar-refractivity contribution >= 4 is 38.9 Å².